The molecule has 0 bridgehead atoms. The van der Waals surface area contributed by atoms with E-state index >= 15 is 0 Å². The molecule has 0 N–H and O–H groups in total. The Labute approximate surface area is 125 Å². The van der Waals surface area contributed by atoms with Gasteiger partial charge in [0.25, 0.3) is 0 Å². The van der Waals surface area contributed by atoms with E-state index in [1.165, 1.54) is 0 Å². The van der Waals surface area contributed by atoms with Crippen molar-refractivity contribution in [2.45, 2.75) is 46.6 Å². The third-order valence-electron chi connectivity index (χ3n) is 3.37. The van der Waals surface area contributed by atoms with E-state index in [1.807, 2.05) is 12.1 Å². The molecule has 0 heterocycles. The van der Waals surface area contributed by atoms with Crippen LogP contribution in [0.5, 0.6) is 0 Å². The van der Waals surface area contributed by atoms with E-state index in [1.54, 1.807) is 0 Å². The Bertz CT molecular complexity index is 413. The van der Waals surface area contributed by atoms with Gasteiger partial charge in [0.1, 0.15) is 0 Å². The number of hydrogen-bond donors (Lipinski definition) is 0. The lowest BCUT2D eigenvalue weighted by molar-refractivity contribution is 0.112. The summed E-state index contributed by atoms with van der Waals surface area (Å²) in [6.45, 7) is 9.83. The molecule has 106 valence electrons. The van der Waals surface area contributed by atoms with Crippen molar-refractivity contribution in [3.05, 3.63) is 28.2 Å². The molecule has 0 amide bonds. The van der Waals surface area contributed by atoms with Crippen LogP contribution in [-0.4, -0.2) is 18.9 Å². The lowest BCUT2D eigenvalue weighted by Crippen LogP contribution is -2.38. The quantitative estimate of drug-likeness (QED) is 0.663. The average Bonchev–Trinajstić information content (AvgIpc) is 2.38. The van der Waals surface area contributed by atoms with Gasteiger partial charge in [-0.2, -0.15) is 0 Å². The topological polar surface area (TPSA) is 20.3 Å². The van der Waals surface area contributed by atoms with Gasteiger partial charge in [0, 0.05) is 28.3 Å². The zero-order chi connectivity index (χ0) is 14.4. The number of halogens is 1. The number of nitrogens with zero attached hydrogens (tertiary/aromatic N) is 1. The van der Waals surface area contributed by atoms with E-state index < -0.39 is 0 Å². The molecule has 0 aromatic heterocycles. The van der Waals surface area contributed by atoms with Crippen LogP contribution < -0.4 is 4.90 Å². The highest BCUT2D eigenvalue weighted by Gasteiger charge is 2.19. The minimum atomic E-state index is 0.488. The van der Waals surface area contributed by atoms with E-state index in [0.29, 0.717) is 12.0 Å². The Morgan fingerprint density at radius 3 is 2.37 bits per heavy atom. The fourth-order valence-corrected chi connectivity index (χ4v) is 2.83. The molecule has 0 saturated heterocycles. The molecule has 0 aliphatic carbocycles. The van der Waals surface area contributed by atoms with Crippen LogP contribution in [-0.2, 0) is 0 Å². The van der Waals surface area contributed by atoms with Crippen LogP contribution in [0.4, 0.5) is 5.69 Å². The van der Waals surface area contributed by atoms with Gasteiger partial charge in [-0.1, -0.05) is 43.6 Å². The Morgan fingerprint density at radius 1 is 1.26 bits per heavy atom. The SMILES string of the molecule is CCC(CC)N(CC(C)C)c1ccc(Br)cc1C=O. The molecule has 3 heteroatoms. The van der Waals surface area contributed by atoms with E-state index in [0.717, 1.165) is 41.4 Å². The van der Waals surface area contributed by atoms with Crippen molar-refractivity contribution >= 4 is 27.9 Å². The third kappa shape index (κ3) is 4.34. The van der Waals surface area contributed by atoms with Crippen LogP contribution in [0.1, 0.15) is 50.9 Å². The molecule has 0 saturated carbocycles. The van der Waals surface area contributed by atoms with Gasteiger partial charge in [0.15, 0.2) is 6.29 Å². The lowest BCUT2D eigenvalue weighted by atomic mass is 10.0. The first-order chi connectivity index (χ1) is 9.03. The highest BCUT2D eigenvalue weighted by molar-refractivity contribution is 9.10. The second-order valence-electron chi connectivity index (χ2n) is 5.34. The molecule has 2 nitrogen and oxygen atoms in total. The van der Waals surface area contributed by atoms with Crippen LogP contribution in [0.2, 0.25) is 0 Å². The largest absolute Gasteiger partial charge is 0.368 e. The molecule has 0 radical (unpaired) electrons. The molecule has 1 aromatic rings. The fraction of sp³-hybridized carbons (Fsp3) is 0.562. The summed E-state index contributed by atoms with van der Waals surface area (Å²) in [5.41, 5.74) is 1.82. The summed E-state index contributed by atoms with van der Waals surface area (Å²) >= 11 is 3.43. The molecular formula is C16H24BrNO. The van der Waals surface area contributed by atoms with E-state index in [9.17, 15) is 4.79 Å². The van der Waals surface area contributed by atoms with Gasteiger partial charge < -0.3 is 4.90 Å². The number of rotatable bonds is 7. The summed E-state index contributed by atoms with van der Waals surface area (Å²) in [5, 5.41) is 0. The summed E-state index contributed by atoms with van der Waals surface area (Å²) in [7, 11) is 0. The molecular weight excluding hydrogens is 302 g/mol. The first-order valence-electron chi connectivity index (χ1n) is 7.04. The summed E-state index contributed by atoms with van der Waals surface area (Å²) < 4.78 is 0.951. The van der Waals surface area contributed by atoms with Crippen LogP contribution in [0.3, 0.4) is 0 Å². The van der Waals surface area contributed by atoms with Gasteiger partial charge in [-0.3, -0.25) is 4.79 Å². The molecule has 0 fully saturated rings. The standard InChI is InChI=1S/C16H24BrNO/c1-5-15(6-2)18(10-12(3)4)16-8-7-14(17)9-13(16)11-19/h7-9,11-12,15H,5-6,10H2,1-4H3. The normalized spacial score (nSPS) is 11.1. The third-order valence-corrected chi connectivity index (χ3v) is 3.86. The van der Waals surface area contributed by atoms with E-state index in [-0.39, 0.29) is 0 Å². The second-order valence-corrected chi connectivity index (χ2v) is 6.25. The Kier molecular flexibility index (Phi) is 6.56. The summed E-state index contributed by atoms with van der Waals surface area (Å²) in [6, 6.07) is 6.45. The van der Waals surface area contributed by atoms with Crippen molar-refractivity contribution in [3.63, 3.8) is 0 Å². The van der Waals surface area contributed by atoms with Gasteiger partial charge in [-0.05, 0) is 37.0 Å². The van der Waals surface area contributed by atoms with Crippen molar-refractivity contribution in [1.29, 1.82) is 0 Å². The number of hydrogen-bond acceptors (Lipinski definition) is 2. The fourth-order valence-electron chi connectivity index (χ4n) is 2.45. The minimum Gasteiger partial charge on any atom is -0.368 e. The smallest absolute Gasteiger partial charge is 0.152 e. The first kappa shape index (κ1) is 16.2. The molecule has 0 atom stereocenters. The predicted molar refractivity (Wildman–Crippen MR) is 86.1 cm³/mol. The monoisotopic (exact) mass is 325 g/mol. The maximum Gasteiger partial charge on any atom is 0.152 e. The van der Waals surface area contributed by atoms with Crippen molar-refractivity contribution < 1.29 is 4.79 Å². The number of benzene rings is 1. The Hall–Kier alpha value is -0.830. The molecule has 19 heavy (non-hydrogen) atoms. The zero-order valence-corrected chi connectivity index (χ0v) is 13.9. The van der Waals surface area contributed by atoms with Gasteiger partial charge in [-0.25, -0.2) is 0 Å². The molecule has 0 aliphatic heterocycles. The van der Waals surface area contributed by atoms with Gasteiger partial charge in [0.2, 0.25) is 0 Å². The Morgan fingerprint density at radius 2 is 1.89 bits per heavy atom. The summed E-state index contributed by atoms with van der Waals surface area (Å²) in [4.78, 5) is 13.7. The van der Waals surface area contributed by atoms with E-state index in [4.69, 9.17) is 0 Å². The van der Waals surface area contributed by atoms with Gasteiger partial charge in [0.05, 0.1) is 0 Å². The van der Waals surface area contributed by atoms with Crippen molar-refractivity contribution in [3.8, 4) is 0 Å². The van der Waals surface area contributed by atoms with Crippen molar-refractivity contribution in [2.75, 3.05) is 11.4 Å². The maximum atomic E-state index is 11.3. The highest BCUT2D eigenvalue weighted by Crippen LogP contribution is 2.27. The molecule has 0 spiro atoms. The molecule has 1 aromatic carbocycles. The molecule has 0 aliphatic rings. The zero-order valence-electron chi connectivity index (χ0n) is 12.3. The summed E-state index contributed by atoms with van der Waals surface area (Å²) in [5.74, 6) is 0.573. The minimum absolute atomic E-state index is 0.488. The number of anilines is 1. The lowest BCUT2D eigenvalue weighted by Gasteiger charge is -2.35. The van der Waals surface area contributed by atoms with Crippen LogP contribution in [0.25, 0.3) is 0 Å². The average molecular weight is 326 g/mol. The Balaban J connectivity index is 3.19. The highest BCUT2D eigenvalue weighted by atomic mass is 79.9. The van der Waals surface area contributed by atoms with Crippen LogP contribution >= 0.6 is 15.9 Å². The second kappa shape index (κ2) is 7.68. The maximum absolute atomic E-state index is 11.3. The van der Waals surface area contributed by atoms with Gasteiger partial charge >= 0.3 is 0 Å². The number of carbonyl (C=O) groups is 1. The molecule has 0 unspecified atom stereocenters. The summed E-state index contributed by atoms with van der Waals surface area (Å²) in [6.07, 6.45) is 3.14. The van der Waals surface area contributed by atoms with Crippen LogP contribution in [0.15, 0.2) is 22.7 Å². The van der Waals surface area contributed by atoms with Crippen molar-refractivity contribution in [2.24, 2.45) is 5.92 Å². The molecule has 1 rings (SSSR count). The number of carbonyl (C=O) groups excluding carboxylic acids is 1. The number of aldehydes is 1. The van der Waals surface area contributed by atoms with Gasteiger partial charge in [-0.15, -0.1) is 0 Å². The predicted octanol–water partition coefficient (Wildman–Crippen LogP) is 4.91. The van der Waals surface area contributed by atoms with Crippen molar-refractivity contribution in [1.82, 2.24) is 0 Å². The van der Waals surface area contributed by atoms with E-state index in [2.05, 4.69) is 54.6 Å². The van der Waals surface area contributed by atoms with Crippen LogP contribution in [0, 0.1) is 5.92 Å². The first-order valence-corrected chi connectivity index (χ1v) is 7.84.